The summed E-state index contributed by atoms with van der Waals surface area (Å²) in [5, 5.41) is 0. The minimum Gasteiger partial charge on any atom is -0.311 e. The molecule has 19 rings (SSSR count). The lowest BCUT2D eigenvalue weighted by atomic mass is 9.33. The number of hydrogen-bond acceptors (Lipinski definition) is 2. The summed E-state index contributed by atoms with van der Waals surface area (Å²) in [5.74, 6) is 0. The van der Waals surface area contributed by atoms with Crippen molar-refractivity contribution < 1.29 is 0 Å². The zero-order chi connectivity index (χ0) is 54.1. The van der Waals surface area contributed by atoms with Gasteiger partial charge in [0.15, 0.2) is 0 Å². The standard InChI is InChI=1S/C80H49BN2/c1-3-22-50(23-4-1)52-44-46-70-68(48-52)81-69-49-53(51-24-5-2-6-25-51)45-47-71(69)83(73-41-20-33-61-59-31-12-18-39-67(59)80(77(61)73)64-36-15-9-28-56(64)57-29-10-16-37-65(57)80)75-43-21-42-74(78(75)81)82(70)72-40-19-32-60-58-30-11-17-38-66(58)79(76(60)72)62-34-13-7-26-54(62)55-27-8-14-35-63(55)79/h1-49H. The van der Waals surface area contributed by atoms with Crippen molar-refractivity contribution in [2.24, 2.45) is 0 Å². The van der Waals surface area contributed by atoms with E-state index in [0.717, 1.165) is 0 Å². The monoisotopic (exact) mass is 1050 g/mol. The van der Waals surface area contributed by atoms with Gasteiger partial charge in [0.25, 0.3) is 6.71 Å². The predicted octanol–water partition coefficient (Wildman–Crippen LogP) is 17.8. The molecule has 2 aliphatic heterocycles. The van der Waals surface area contributed by atoms with E-state index in [1.54, 1.807) is 0 Å². The van der Waals surface area contributed by atoms with Crippen LogP contribution in [0.5, 0.6) is 0 Å². The molecule has 13 aromatic rings. The van der Waals surface area contributed by atoms with Crippen molar-refractivity contribution in [3.8, 4) is 66.8 Å². The number of benzene rings is 13. The quantitative estimate of drug-likeness (QED) is 0.162. The lowest BCUT2D eigenvalue weighted by molar-refractivity contribution is 0.792. The molecule has 6 aliphatic rings. The largest absolute Gasteiger partial charge is 0.311 e. The molecule has 382 valence electrons. The first-order valence-corrected chi connectivity index (χ1v) is 29.2. The second-order valence-electron chi connectivity index (χ2n) is 23.3. The van der Waals surface area contributed by atoms with Gasteiger partial charge in [-0.25, -0.2) is 0 Å². The highest BCUT2D eigenvalue weighted by Crippen LogP contribution is 2.68. The van der Waals surface area contributed by atoms with Gasteiger partial charge < -0.3 is 9.80 Å². The summed E-state index contributed by atoms with van der Waals surface area (Å²) >= 11 is 0. The molecular weight excluding hydrogens is 1000 g/mol. The van der Waals surface area contributed by atoms with Crippen molar-refractivity contribution in [1.82, 2.24) is 0 Å². The fourth-order valence-electron chi connectivity index (χ4n) is 16.7. The fraction of sp³-hybridized carbons (Fsp3) is 0.0250. The first kappa shape index (κ1) is 45.3. The predicted molar refractivity (Wildman–Crippen MR) is 344 cm³/mol. The van der Waals surface area contributed by atoms with Crippen LogP contribution in [0.25, 0.3) is 66.8 Å². The molecule has 0 saturated carbocycles. The summed E-state index contributed by atoms with van der Waals surface area (Å²) in [6.45, 7) is -0.127. The third-order valence-electron chi connectivity index (χ3n) is 19.7. The minimum absolute atomic E-state index is 0.127. The highest BCUT2D eigenvalue weighted by atomic mass is 15.2. The molecule has 83 heavy (non-hydrogen) atoms. The molecule has 0 N–H and O–H groups in total. The van der Waals surface area contributed by atoms with E-state index in [2.05, 4.69) is 307 Å². The van der Waals surface area contributed by atoms with Crippen molar-refractivity contribution in [1.29, 1.82) is 0 Å². The topological polar surface area (TPSA) is 6.48 Å². The molecule has 2 spiro atoms. The molecule has 0 saturated heterocycles. The van der Waals surface area contributed by atoms with Crippen LogP contribution in [0.15, 0.2) is 297 Å². The van der Waals surface area contributed by atoms with Gasteiger partial charge in [0.2, 0.25) is 0 Å². The van der Waals surface area contributed by atoms with E-state index in [4.69, 9.17) is 0 Å². The van der Waals surface area contributed by atoms with Gasteiger partial charge in [-0.05, 0) is 153 Å². The Morgan fingerprint density at radius 2 is 0.506 bits per heavy atom. The normalized spacial score (nSPS) is 14.6. The maximum absolute atomic E-state index is 2.68. The highest BCUT2D eigenvalue weighted by Gasteiger charge is 2.56. The number of fused-ring (bicyclic) bond motifs is 24. The Bertz CT molecular complexity index is 4520. The van der Waals surface area contributed by atoms with Gasteiger partial charge in [0, 0.05) is 33.9 Å². The second kappa shape index (κ2) is 16.6. The van der Waals surface area contributed by atoms with Gasteiger partial charge in [-0.3, -0.25) is 0 Å². The van der Waals surface area contributed by atoms with Crippen LogP contribution in [0.3, 0.4) is 0 Å². The van der Waals surface area contributed by atoms with Gasteiger partial charge in [-0.1, -0.05) is 261 Å². The number of nitrogens with zero attached hydrogens (tertiary/aromatic N) is 2. The van der Waals surface area contributed by atoms with Crippen molar-refractivity contribution in [2.75, 3.05) is 9.80 Å². The molecule has 0 aromatic heterocycles. The Morgan fingerprint density at radius 3 is 0.867 bits per heavy atom. The van der Waals surface area contributed by atoms with Gasteiger partial charge in [0.05, 0.1) is 22.2 Å². The average Bonchev–Trinajstić information content (AvgIpc) is 1.74. The molecule has 2 nitrogen and oxygen atoms in total. The van der Waals surface area contributed by atoms with Crippen LogP contribution in [0.1, 0.15) is 44.5 Å². The average molecular weight is 1050 g/mol. The first-order chi connectivity index (χ1) is 41.2. The molecule has 3 heteroatoms. The van der Waals surface area contributed by atoms with E-state index < -0.39 is 10.8 Å². The van der Waals surface area contributed by atoms with Crippen LogP contribution in [0.4, 0.5) is 34.1 Å². The van der Waals surface area contributed by atoms with E-state index in [1.807, 2.05) is 0 Å². The van der Waals surface area contributed by atoms with Crippen molar-refractivity contribution in [2.45, 2.75) is 10.8 Å². The summed E-state index contributed by atoms with van der Waals surface area (Å²) in [5.41, 5.74) is 35.7. The molecule has 0 atom stereocenters. The molecule has 0 amide bonds. The Hall–Kier alpha value is -10.5. The van der Waals surface area contributed by atoms with E-state index in [9.17, 15) is 0 Å². The summed E-state index contributed by atoms with van der Waals surface area (Å²) in [6.07, 6.45) is 0. The Kier molecular flexibility index (Phi) is 9.04. The van der Waals surface area contributed by atoms with E-state index in [1.165, 1.54) is 162 Å². The number of rotatable bonds is 4. The van der Waals surface area contributed by atoms with Crippen LogP contribution in [-0.4, -0.2) is 6.71 Å². The molecule has 0 fully saturated rings. The van der Waals surface area contributed by atoms with Crippen molar-refractivity contribution in [3.63, 3.8) is 0 Å². The van der Waals surface area contributed by atoms with Gasteiger partial charge in [-0.15, -0.1) is 0 Å². The Labute approximate surface area is 483 Å². The first-order valence-electron chi connectivity index (χ1n) is 29.2. The smallest absolute Gasteiger partial charge is 0.252 e. The molecular formula is C80H49BN2. The zero-order valence-electron chi connectivity index (χ0n) is 45.3. The maximum atomic E-state index is 2.68. The van der Waals surface area contributed by atoms with Crippen LogP contribution in [-0.2, 0) is 10.8 Å². The molecule has 4 aliphatic carbocycles. The zero-order valence-corrected chi connectivity index (χ0v) is 45.3. The fourth-order valence-corrected chi connectivity index (χ4v) is 16.7. The SMILES string of the molecule is c1ccc(-c2ccc3c(c2)B2c4cc(-c5ccccc5)ccc4N(c4cccc5c4C4(c6ccccc6-c6ccccc64)c4ccccc4-5)c4cccc(c42)N3c2cccc3c2C2(c4ccccc4-c4ccccc42)c2ccccc2-3)cc1. The van der Waals surface area contributed by atoms with Crippen LogP contribution in [0.2, 0.25) is 0 Å². The summed E-state index contributed by atoms with van der Waals surface area (Å²) in [6, 6.07) is 113. The van der Waals surface area contributed by atoms with Crippen LogP contribution >= 0.6 is 0 Å². The maximum Gasteiger partial charge on any atom is 0.252 e. The summed E-state index contributed by atoms with van der Waals surface area (Å²) in [7, 11) is 0. The van der Waals surface area contributed by atoms with Gasteiger partial charge in [-0.2, -0.15) is 0 Å². The summed E-state index contributed by atoms with van der Waals surface area (Å²) < 4.78 is 0. The Morgan fingerprint density at radius 1 is 0.217 bits per heavy atom. The van der Waals surface area contributed by atoms with E-state index in [0.29, 0.717) is 0 Å². The van der Waals surface area contributed by atoms with Gasteiger partial charge in [0.1, 0.15) is 0 Å². The molecule has 2 heterocycles. The third kappa shape index (κ3) is 5.64. The van der Waals surface area contributed by atoms with Crippen molar-refractivity contribution >= 4 is 57.2 Å². The lowest BCUT2D eigenvalue weighted by Gasteiger charge is -2.46. The number of hydrogen-bond donors (Lipinski definition) is 0. The van der Waals surface area contributed by atoms with E-state index in [-0.39, 0.29) is 6.71 Å². The molecule has 13 aromatic carbocycles. The second-order valence-corrected chi connectivity index (χ2v) is 23.3. The number of anilines is 6. The molecule has 0 bridgehead atoms. The van der Waals surface area contributed by atoms with E-state index >= 15 is 0 Å². The van der Waals surface area contributed by atoms with Crippen molar-refractivity contribution in [3.05, 3.63) is 342 Å². The summed E-state index contributed by atoms with van der Waals surface area (Å²) in [4.78, 5) is 5.35. The molecule has 0 unspecified atom stereocenters. The van der Waals surface area contributed by atoms with Gasteiger partial charge >= 0.3 is 0 Å². The third-order valence-corrected chi connectivity index (χ3v) is 19.7. The Balaban J connectivity index is 0.938. The van der Waals surface area contributed by atoms with Crippen LogP contribution in [0, 0.1) is 0 Å². The molecule has 0 radical (unpaired) electrons. The highest BCUT2D eigenvalue weighted by molar-refractivity contribution is 7.00. The van der Waals surface area contributed by atoms with Crippen LogP contribution < -0.4 is 26.2 Å². The minimum atomic E-state index is -0.573. The lowest BCUT2D eigenvalue weighted by Crippen LogP contribution is -2.61.